The second-order valence-corrected chi connectivity index (χ2v) is 9.12. The van der Waals surface area contributed by atoms with E-state index in [9.17, 15) is 13.2 Å². The molecule has 1 saturated heterocycles. The number of rotatable bonds is 3. The molecule has 0 radical (unpaired) electrons. The van der Waals surface area contributed by atoms with Gasteiger partial charge in [-0.3, -0.25) is 4.79 Å². The van der Waals surface area contributed by atoms with E-state index in [1.54, 1.807) is 0 Å². The zero-order chi connectivity index (χ0) is 18.3. The van der Waals surface area contributed by atoms with E-state index in [0.717, 1.165) is 19.3 Å². The van der Waals surface area contributed by atoms with E-state index in [1.807, 2.05) is 30.3 Å². The number of nitrogens with one attached hydrogen (secondary N) is 1. The minimum Gasteiger partial charge on any atom is -0.348 e. The van der Waals surface area contributed by atoms with Crippen LogP contribution in [0.1, 0.15) is 34.3 Å². The van der Waals surface area contributed by atoms with E-state index in [1.165, 1.54) is 32.8 Å². The van der Waals surface area contributed by atoms with Crippen molar-refractivity contribution in [3.63, 3.8) is 0 Å². The molecule has 4 rings (SSSR count). The Morgan fingerprint density at radius 2 is 1.88 bits per heavy atom. The lowest BCUT2D eigenvalue weighted by Crippen LogP contribution is -2.49. The maximum Gasteiger partial charge on any atom is 0.251 e. The first-order valence-electron chi connectivity index (χ1n) is 8.89. The highest BCUT2D eigenvalue weighted by Crippen LogP contribution is 2.36. The largest absolute Gasteiger partial charge is 0.348 e. The minimum absolute atomic E-state index is 0.135. The standard InChI is InChI=1S/C20H22N2O3S/c1-26(24,25)22-10-4-6-17(13-22)21-20(23)15-8-9-19-16(12-15)11-14-5-2-3-7-18(14)19/h2-3,5,7-9,12,17H,4,6,10-11,13H2,1H3,(H,21,23)/t17-/m1/s1. The van der Waals surface area contributed by atoms with Gasteiger partial charge in [-0.25, -0.2) is 12.7 Å². The third kappa shape index (κ3) is 3.27. The molecule has 1 atom stereocenters. The van der Waals surface area contributed by atoms with Gasteiger partial charge in [0.25, 0.3) is 5.91 Å². The van der Waals surface area contributed by atoms with Crippen molar-refractivity contribution in [2.75, 3.05) is 19.3 Å². The number of carbonyl (C=O) groups excluding carboxylic acids is 1. The van der Waals surface area contributed by atoms with Crippen LogP contribution in [0.15, 0.2) is 42.5 Å². The molecule has 0 saturated carbocycles. The van der Waals surface area contributed by atoms with Crippen molar-refractivity contribution in [1.82, 2.24) is 9.62 Å². The van der Waals surface area contributed by atoms with Gasteiger partial charge in [0, 0.05) is 24.7 Å². The molecule has 1 heterocycles. The normalized spacial score (nSPS) is 19.7. The fourth-order valence-corrected chi connectivity index (χ4v) is 4.83. The molecule has 1 N–H and O–H groups in total. The van der Waals surface area contributed by atoms with E-state index in [-0.39, 0.29) is 11.9 Å². The number of amides is 1. The monoisotopic (exact) mass is 370 g/mol. The summed E-state index contributed by atoms with van der Waals surface area (Å²) in [5.41, 5.74) is 5.52. The van der Waals surface area contributed by atoms with Gasteiger partial charge in [0.1, 0.15) is 0 Å². The van der Waals surface area contributed by atoms with Gasteiger partial charge in [0.2, 0.25) is 10.0 Å². The molecule has 1 aliphatic heterocycles. The molecule has 0 unspecified atom stereocenters. The van der Waals surface area contributed by atoms with Gasteiger partial charge in [0.15, 0.2) is 0 Å². The summed E-state index contributed by atoms with van der Waals surface area (Å²) in [4.78, 5) is 12.7. The van der Waals surface area contributed by atoms with Crippen LogP contribution in [0, 0.1) is 0 Å². The Bertz CT molecular complexity index is 969. The number of carbonyl (C=O) groups is 1. The number of sulfonamides is 1. The number of fused-ring (bicyclic) bond motifs is 3. The molecule has 0 aromatic heterocycles. The second kappa shape index (κ2) is 6.52. The molecule has 1 amide bonds. The summed E-state index contributed by atoms with van der Waals surface area (Å²) in [6, 6.07) is 14.0. The van der Waals surface area contributed by atoms with Crippen LogP contribution in [-0.2, 0) is 16.4 Å². The summed E-state index contributed by atoms with van der Waals surface area (Å²) >= 11 is 0. The Kier molecular flexibility index (Phi) is 4.32. The van der Waals surface area contributed by atoms with Crippen molar-refractivity contribution in [2.24, 2.45) is 0 Å². The Hall–Kier alpha value is -2.18. The molecule has 1 aliphatic carbocycles. The van der Waals surface area contributed by atoms with Crippen molar-refractivity contribution >= 4 is 15.9 Å². The van der Waals surface area contributed by atoms with E-state index >= 15 is 0 Å². The first-order chi connectivity index (χ1) is 12.4. The molecular weight excluding hydrogens is 348 g/mol. The molecule has 1 fully saturated rings. The number of nitrogens with zero attached hydrogens (tertiary/aromatic N) is 1. The molecule has 5 nitrogen and oxygen atoms in total. The van der Waals surface area contributed by atoms with Crippen molar-refractivity contribution < 1.29 is 13.2 Å². The van der Waals surface area contributed by atoms with Gasteiger partial charge >= 0.3 is 0 Å². The van der Waals surface area contributed by atoms with Crippen LogP contribution in [0.25, 0.3) is 11.1 Å². The van der Waals surface area contributed by atoms with Gasteiger partial charge in [-0.05, 0) is 53.6 Å². The molecular formula is C20H22N2O3S. The van der Waals surface area contributed by atoms with Crippen LogP contribution >= 0.6 is 0 Å². The lowest BCUT2D eigenvalue weighted by atomic mass is 10.0. The van der Waals surface area contributed by atoms with Crippen LogP contribution in [0.3, 0.4) is 0 Å². The van der Waals surface area contributed by atoms with Crippen molar-refractivity contribution in [1.29, 1.82) is 0 Å². The van der Waals surface area contributed by atoms with Gasteiger partial charge in [-0.15, -0.1) is 0 Å². The lowest BCUT2D eigenvalue weighted by Gasteiger charge is -2.31. The molecule has 2 aromatic rings. The predicted molar refractivity (Wildman–Crippen MR) is 102 cm³/mol. The highest BCUT2D eigenvalue weighted by molar-refractivity contribution is 7.88. The Balaban J connectivity index is 1.49. The first kappa shape index (κ1) is 17.2. The smallest absolute Gasteiger partial charge is 0.251 e. The summed E-state index contributed by atoms with van der Waals surface area (Å²) in [6.07, 6.45) is 3.62. The quantitative estimate of drug-likeness (QED) is 0.770. The summed E-state index contributed by atoms with van der Waals surface area (Å²) in [5, 5.41) is 3.00. The Morgan fingerprint density at radius 1 is 1.12 bits per heavy atom. The number of piperidine rings is 1. The van der Waals surface area contributed by atoms with Gasteiger partial charge in [-0.2, -0.15) is 0 Å². The van der Waals surface area contributed by atoms with Crippen LogP contribution in [0.2, 0.25) is 0 Å². The maximum absolute atomic E-state index is 12.7. The Labute approximate surface area is 154 Å². The van der Waals surface area contributed by atoms with Gasteiger partial charge < -0.3 is 5.32 Å². The first-order valence-corrected chi connectivity index (χ1v) is 10.7. The van der Waals surface area contributed by atoms with Crippen LogP contribution in [0.5, 0.6) is 0 Å². The highest BCUT2D eigenvalue weighted by atomic mass is 32.2. The fourth-order valence-electron chi connectivity index (χ4n) is 3.92. The van der Waals surface area contributed by atoms with Crippen LogP contribution in [-0.4, -0.2) is 44.0 Å². The molecule has 2 aromatic carbocycles. The second-order valence-electron chi connectivity index (χ2n) is 7.14. The molecule has 6 heteroatoms. The molecule has 2 aliphatic rings. The van der Waals surface area contributed by atoms with E-state index in [4.69, 9.17) is 0 Å². The summed E-state index contributed by atoms with van der Waals surface area (Å²) in [6.45, 7) is 0.878. The number of hydrogen-bond acceptors (Lipinski definition) is 3. The third-order valence-corrected chi connectivity index (χ3v) is 6.51. The van der Waals surface area contributed by atoms with E-state index < -0.39 is 10.0 Å². The average Bonchev–Trinajstić information content (AvgIpc) is 2.99. The predicted octanol–water partition coefficient (Wildman–Crippen LogP) is 2.41. The highest BCUT2D eigenvalue weighted by Gasteiger charge is 2.27. The molecule has 26 heavy (non-hydrogen) atoms. The third-order valence-electron chi connectivity index (χ3n) is 5.24. The molecule has 0 bridgehead atoms. The summed E-state index contributed by atoms with van der Waals surface area (Å²) < 4.78 is 24.9. The van der Waals surface area contributed by atoms with Crippen LogP contribution in [0.4, 0.5) is 0 Å². The zero-order valence-electron chi connectivity index (χ0n) is 14.7. The van der Waals surface area contributed by atoms with Crippen molar-refractivity contribution in [3.05, 3.63) is 59.2 Å². The average molecular weight is 370 g/mol. The van der Waals surface area contributed by atoms with E-state index in [0.29, 0.717) is 18.7 Å². The van der Waals surface area contributed by atoms with Crippen LogP contribution < -0.4 is 5.32 Å². The van der Waals surface area contributed by atoms with Gasteiger partial charge in [0.05, 0.1) is 6.26 Å². The topological polar surface area (TPSA) is 66.5 Å². The van der Waals surface area contributed by atoms with Crippen molar-refractivity contribution in [3.8, 4) is 11.1 Å². The number of hydrogen-bond donors (Lipinski definition) is 1. The Morgan fingerprint density at radius 3 is 2.69 bits per heavy atom. The van der Waals surface area contributed by atoms with Crippen molar-refractivity contribution in [2.45, 2.75) is 25.3 Å². The zero-order valence-corrected chi connectivity index (χ0v) is 15.6. The fraction of sp³-hybridized carbons (Fsp3) is 0.350. The summed E-state index contributed by atoms with van der Waals surface area (Å²) in [5.74, 6) is -0.135. The maximum atomic E-state index is 12.7. The summed E-state index contributed by atoms with van der Waals surface area (Å²) in [7, 11) is -3.22. The SMILES string of the molecule is CS(=O)(=O)N1CCC[C@@H](NC(=O)c2ccc3c(c2)Cc2ccccc2-3)C1. The number of benzene rings is 2. The minimum atomic E-state index is -3.22. The van der Waals surface area contributed by atoms with E-state index in [2.05, 4.69) is 17.4 Å². The lowest BCUT2D eigenvalue weighted by molar-refractivity contribution is 0.0921. The molecule has 136 valence electrons. The molecule has 0 spiro atoms. The van der Waals surface area contributed by atoms with Gasteiger partial charge in [-0.1, -0.05) is 30.3 Å².